The van der Waals surface area contributed by atoms with Crippen molar-refractivity contribution in [2.45, 2.75) is 58.0 Å². The minimum absolute atomic E-state index is 0.128. The van der Waals surface area contributed by atoms with E-state index >= 15 is 0 Å². The summed E-state index contributed by atoms with van der Waals surface area (Å²) in [7, 11) is 0. The van der Waals surface area contributed by atoms with E-state index in [0.717, 1.165) is 24.5 Å². The summed E-state index contributed by atoms with van der Waals surface area (Å²) in [5, 5.41) is 0. The molecule has 2 aliphatic carbocycles. The lowest BCUT2D eigenvalue weighted by Gasteiger charge is -2.44. The molecular weight excluding hydrogens is 292 g/mol. The van der Waals surface area contributed by atoms with Crippen LogP contribution in [0.25, 0.3) is 0 Å². The summed E-state index contributed by atoms with van der Waals surface area (Å²) in [5.41, 5.74) is 1.55. The highest BCUT2D eigenvalue weighted by atomic mass is 16.5. The third-order valence-corrected chi connectivity index (χ3v) is 5.76. The Balaban J connectivity index is 1.82. The van der Waals surface area contributed by atoms with E-state index < -0.39 is 0 Å². The Labute approximate surface area is 147 Å². The van der Waals surface area contributed by atoms with Gasteiger partial charge in [0.05, 0.1) is 0 Å². The van der Waals surface area contributed by atoms with Gasteiger partial charge in [-0.05, 0) is 35.8 Å². The zero-order valence-electron chi connectivity index (χ0n) is 15.2. The number of hydrogen-bond acceptors (Lipinski definition) is 1. The Morgan fingerprint density at radius 1 is 1.00 bits per heavy atom. The fourth-order valence-electron chi connectivity index (χ4n) is 4.21. The molecule has 0 radical (unpaired) electrons. The Morgan fingerprint density at radius 3 is 2.58 bits per heavy atom. The molecule has 24 heavy (non-hydrogen) atoms. The Bertz CT molecular complexity index is 621. The SMILES string of the molecule is C[C@@H]1CC[C@@H](C(C)(C)c2ccccc2)[C@H](OC2=CC=CC=CC2)C1. The van der Waals surface area contributed by atoms with Crippen LogP contribution in [0.3, 0.4) is 0 Å². The van der Waals surface area contributed by atoms with Crippen molar-refractivity contribution < 1.29 is 4.74 Å². The molecule has 0 N–H and O–H groups in total. The van der Waals surface area contributed by atoms with E-state index in [0.29, 0.717) is 12.0 Å². The molecule has 128 valence electrons. The fraction of sp³-hybridized carbons (Fsp3) is 0.478. The van der Waals surface area contributed by atoms with Gasteiger partial charge in [-0.15, -0.1) is 0 Å². The molecule has 0 aliphatic heterocycles. The van der Waals surface area contributed by atoms with E-state index in [1.165, 1.54) is 18.4 Å². The lowest BCUT2D eigenvalue weighted by molar-refractivity contribution is -0.0126. The maximum atomic E-state index is 6.56. The first-order valence-corrected chi connectivity index (χ1v) is 9.32. The highest BCUT2D eigenvalue weighted by Gasteiger charge is 2.41. The van der Waals surface area contributed by atoms with Crippen molar-refractivity contribution in [2.24, 2.45) is 11.8 Å². The summed E-state index contributed by atoms with van der Waals surface area (Å²) in [6.07, 6.45) is 15.5. The number of allylic oxidation sites excluding steroid dienone is 5. The van der Waals surface area contributed by atoms with Crippen molar-refractivity contribution in [1.82, 2.24) is 0 Å². The molecule has 0 aromatic heterocycles. The first-order chi connectivity index (χ1) is 11.6. The van der Waals surface area contributed by atoms with Crippen LogP contribution >= 0.6 is 0 Å². The maximum Gasteiger partial charge on any atom is 0.102 e. The topological polar surface area (TPSA) is 9.23 Å². The number of rotatable bonds is 4. The molecule has 1 saturated carbocycles. The van der Waals surface area contributed by atoms with Gasteiger partial charge in [-0.25, -0.2) is 0 Å². The smallest absolute Gasteiger partial charge is 0.102 e. The molecule has 2 aliphatic rings. The van der Waals surface area contributed by atoms with Crippen LogP contribution in [0.5, 0.6) is 0 Å². The Morgan fingerprint density at radius 2 is 1.79 bits per heavy atom. The molecule has 1 aromatic carbocycles. The molecule has 0 saturated heterocycles. The van der Waals surface area contributed by atoms with E-state index in [1.807, 2.05) is 0 Å². The molecule has 0 spiro atoms. The van der Waals surface area contributed by atoms with Gasteiger partial charge in [0.2, 0.25) is 0 Å². The van der Waals surface area contributed by atoms with Crippen LogP contribution in [-0.4, -0.2) is 6.10 Å². The van der Waals surface area contributed by atoms with Crippen molar-refractivity contribution in [3.05, 3.63) is 72.0 Å². The van der Waals surface area contributed by atoms with E-state index in [-0.39, 0.29) is 5.41 Å². The molecule has 1 aromatic rings. The molecule has 0 amide bonds. The van der Waals surface area contributed by atoms with Crippen LogP contribution < -0.4 is 0 Å². The van der Waals surface area contributed by atoms with Gasteiger partial charge >= 0.3 is 0 Å². The molecule has 3 rings (SSSR count). The normalized spacial score (nSPS) is 27.5. The molecule has 3 atom stereocenters. The molecule has 0 bridgehead atoms. The van der Waals surface area contributed by atoms with Crippen molar-refractivity contribution in [3.8, 4) is 0 Å². The third-order valence-electron chi connectivity index (χ3n) is 5.76. The molecule has 1 nitrogen and oxygen atoms in total. The summed E-state index contributed by atoms with van der Waals surface area (Å²) in [6, 6.07) is 11.0. The van der Waals surface area contributed by atoms with Crippen LogP contribution in [0.2, 0.25) is 0 Å². The Kier molecular flexibility index (Phi) is 5.28. The minimum Gasteiger partial charge on any atom is -0.494 e. The van der Waals surface area contributed by atoms with Gasteiger partial charge in [0.15, 0.2) is 0 Å². The van der Waals surface area contributed by atoms with Crippen molar-refractivity contribution >= 4 is 0 Å². The van der Waals surface area contributed by atoms with Crippen LogP contribution in [0.15, 0.2) is 66.5 Å². The van der Waals surface area contributed by atoms with Crippen molar-refractivity contribution in [1.29, 1.82) is 0 Å². The van der Waals surface area contributed by atoms with E-state index in [4.69, 9.17) is 4.74 Å². The summed E-state index contributed by atoms with van der Waals surface area (Å²) in [5.74, 6) is 2.40. The molecule has 1 heteroatoms. The highest BCUT2D eigenvalue weighted by molar-refractivity contribution is 5.26. The largest absolute Gasteiger partial charge is 0.494 e. The highest BCUT2D eigenvalue weighted by Crippen LogP contribution is 2.44. The predicted molar refractivity (Wildman–Crippen MR) is 102 cm³/mol. The summed E-state index contributed by atoms with van der Waals surface area (Å²) < 4.78 is 6.56. The van der Waals surface area contributed by atoms with Gasteiger partial charge in [0.1, 0.15) is 11.9 Å². The Hall–Kier alpha value is -1.76. The van der Waals surface area contributed by atoms with Crippen molar-refractivity contribution in [2.75, 3.05) is 0 Å². The average molecular weight is 322 g/mol. The maximum absolute atomic E-state index is 6.56. The van der Waals surface area contributed by atoms with E-state index in [9.17, 15) is 0 Å². The van der Waals surface area contributed by atoms with Gasteiger partial charge in [0.25, 0.3) is 0 Å². The van der Waals surface area contributed by atoms with Gasteiger partial charge < -0.3 is 4.74 Å². The van der Waals surface area contributed by atoms with E-state index in [1.54, 1.807) is 0 Å². The molecular formula is C23H30O. The number of benzene rings is 1. The molecule has 1 fully saturated rings. The van der Waals surface area contributed by atoms with E-state index in [2.05, 4.69) is 81.5 Å². The minimum atomic E-state index is 0.128. The number of hydrogen-bond donors (Lipinski definition) is 0. The zero-order valence-corrected chi connectivity index (χ0v) is 15.2. The second-order valence-electron chi connectivity index (χ2n) is 7.92. The fourth-order valence-corrected chi connectivity index (χ4v) is 4.21. The predicted octanol–water partition coefficient (Wildman–Crippen LogP) is 6.19. The van der Waals surface area contributed by atoms with Gasteiger partial charge in [-0.1, -0.05) is 81.8 Å². The van der Waals surface area contributed by atoms with Gasteiger partial charge in [-0.3, -0.25) is 0 Å². The molecule has 0 unspecified atom stereocenters. The summed E-state index contributed by atoms with van der Waals surface area (Å²) in [6.45, 7) is 7.14. The number of ether oxygens (including phenoxy) is 1. The second-order valence-corrected chi connectivity index (χ2v) is 7.92. The first kappa shape index (κ1) is 17.1. The third kappa shape index (κ3) is 3.83. The monoisotopic (exact) mass is 322 g/mol. The lowest BCUT2D eigenvalue weighted by Crippen LogP contribution is -2.42. The zero-order chi connectivity index (χ0) is 17.0. The summed E-state index contributed by atoms with van der Waals surface area (Å²) >= 11 is 0. The molecule has 0 heterocycles. The van der Waals surface area contributed by atoms with Crippen LogP contribution in [-0.2, 0) is 10.2 Å². The standard InChI is InChI=1S/C23H30O/c1-18-15-16-21(23(2,3)19-11-7-6-8-12-19)22(17-18)24-20-13-9-4-5-10-14-20/h4-13,18,21-22H,14-17H2,1-3H3/t18-,21-,22-/m1/s1. The lowest BCUT2D eigenvalue weighted by atomic mass is 9.64. The van der Waals surface area contributed by atoms with Crippen molar-refractivity contribution in [3.63, 3.8) is 0 Å². The van der Waals surface area contributed by atoms with Gasteiger partial charge in [-0.2, -0.15) is 0 Å². The quantitative estimate of drug-likeness (QED) is 0.642. The van der Waals surface area contributed by atoms with Crippen LogP contribution in [0.4, 0.5) is 0 Å². The first-order valence-electron chi connectivity index (χ1n) is 9.32. The second kappa shape index (κ2) is 7.42. The summed E-state index contributed by atoms with van der Waals surface area (Å²) in [4.78, 5) is 0. The average Bonchev–Trinajstić information content (AvgIpc) is 2.84. The van der Waals surface area contributed by atoms with Gasteiger partial charge in [0, 0.05) is 12.3 Å². The van der Waals surface area contributed by atoms with Crippen LogP contribution in [0.1, 0.15) is 52.0 Å². The van der Waals surface area contributed by atoms with Crippen LogP contribution in [0, 0.1) is 11.8 Å².